The normalized spacial score (nSPS) is 11.0. The molecule has 0 bridgehead atoms. The van der Waals surface area contributed by atoms with Gasteiger partial charge in [0, 0.05) is 9.50 Å². The first kappa shape index (κ1) is 16.8. The largest absolute Gasteiger partial charge is 0.492 e. The maximum atomic E-state index is 12.1. The average molecular weight is 411 g/mol. The van der Waals surface area contributed by atoms with Crippen LogP contribution in [-0.2, 0) is 6.54 Å². The smallest absolute Gasteiger partial charge is 0.422 e. The third-order valence-corrected chi connectivity index (χ3v) is 4.35. The van der Waals surface area contributed by atoms with Crippen LogP contribution in [0.25, 0.3) is 10.9 Å². The lowest BCUT2D eigenvalue weighted by Gasteiger charge is -2.11. The van der Waals surface area contributed by atoms with Crippen LogP contribution in [0.15, 0.2) is 54.9 Å². The van der Waals surface area contributed by atoms with Crippen molar-refractivity contribution in [1.29, 1.82) is 0 Å². The van der Waals surface area contributed by atoms with Crippen molar-refractivity contribution in [2.75, 3.05) is 6.61 Å². The highest BCUT2D eigenvalue weighted by Crippen LogP contribution is 2.23. The Kier molecular flexibility index (Phi) is 4.78. The van der Waals surface area contributed by atoms with Gasteiger partial charge in [0.05, 0.1) is 17.4 Å². The van der Waals surface area contributed by atoms with Gasteiger partial charge in [0.25, 0.3) is 0 Å². The number of hydrogen-bond acceptors (Lipinski definition) is 4. The van der Waals surface area contributed by atoms with Crippen molar-refractivity contribution in [3.63, 3.8) is 0 Å². The molecule has 124 valence electrons. The molecule has 0 saturated carbocycles. The maximum absolute atomic E-state index is 12.1. The van der Waals surface area contributed by atoms with Crippen LogP contribution in [-0.4, -0.2) is 11.2 Å². The fourth-order valence-electron chi connectivity index (χ4n) is 2.43. The van der Waals surface area contributed by atoms with Gasteiger partial charge < -0.3 is 9.15 Å². The molecule has 0 aliphatic rings. The molecule has 0 aliphatic heterocycles. The van der Waals surface area contributed by atoms with Gasteiger partial charge in [-0.2, -0.15) is 0 Å². The summed E-state index contributed by atoms with van der Waals surface area (Å²) in [4.78, 5) is 24.0. The third-order valence-electron chi connectivity index (χ3n) is 3.50. The lowest BCUT2D eigenvalue weighted by Crippen LogP contribution is -2.27. The molecule has 5 nitrogen and oxygen atoms in total. The molecule has 0 saturated heterocycles. The van der Waals surface area contributed by atoms with Crippen molar-refractivity contribution in [2.45, 2.75) is 13.5 Å². The van der Waals surface area contributed by atoms with E-state index >= 15 is 0 Å². The minimum Gasteiger partial charge on any atom is -0.492 e. The Balaban J connectivity index is 1.93. The molecule has 1 aromatic heterocycles. The number of nitrogens with zero attached hydrogens (tertiary/aromatic N) is 1. The van der Waals surface area contributed by atoms with Crippen LogP contribution < -0.4 is 16.1 Å². The molecule has 0 spiro atoms. The first-order chi connectivity index (χ1) is 11.5. The minimum absolute atomic E-state index is 0.239. The van der Waals surface area contributed by atoms with Gasteiger partial charge in [-0.15, -0.1) is 0 Å². The topological polar surface area (TPSA) is 61.4 Å². The zero-order valence-electron chi connectivity index (χ0n) is 12.7. The van der Waals surface area contributed by atoms with Crippen molar-refractivity contribution in [3.05, 3.63) is 72.4 Å². The van der Waals surface area contributed by atoms with Crippen molar-refractivity contribution < 1.29 is 9.15 Å². The van der Waals surface area contributed by atoms with E-state index in [0.717, 1.165) is 5.56 Å². The van der Waals surface area contributed by atoms with E-state index in [0.29, 0.717) is 26.1 Å². The van der Waals surface area contributed by atoms with Gasteiger partial charge >= 0.3 is 11.4 Å². The summed E-state index contributed by atoms with van der Waals surface area (Å²) < 4.78 is 12.5. The SMILES string of the molecule is Cc1cc(Br)c2c(c1)c(=O)oc(=O)n2CCOc1ccc(Cl)cc1. The second-order valence-electron chi connectivity index (χ2n) is 5.25. The molecule has 3 rings (SSSR count). The number of aromatic nitrogens is 1. The zero-order chi connectivity index (χ0) is 17.3. The van der Waals surface area contributed by atoms with E-state index in [9.17, 15) is 9.59 Å². The Bertz CT molecular complexity index is 1010. The Hall–Kier alpha value is -2.05. The van der Waals surface area contributed by atoms with Crippen LogP contribution in [0, 0.1) is 6.92 Å². The van der Waals surface area contributed by atoms with Crippen molar-refractivity contribution in [3.8, 4) is 5.75 Å². The fraction of sp³-hybridized carbons (Fsp3) is 0.176. The summed E-state index contributed by atoms with van der Waals surface area (Å²) in [5, 5.41) is 0.974. The molecular weight excluding hydrogens is 398 g/mol. The molecule has 1 heterocycles. The van der Waals surface area contributed by atoms with E-state index in [1.807, 2.05) is 13.0 Å². The second-order valence-corrected chi connectivity index (χ2v) is 6.54. The molecule has 2 aromatic carbocycles. The van der Waals surface area contributed by atoms with E-state index in [1.54, 1.807) is 30.3 Å². The Morgan fingerprint density at radius 1 is 1.21 bits per heavy atom. The predicted molar refractivity (Wildman–Crippen MR) is 96.1 cm³/mol. The third kappa shape index (κ3) is 3.39. The van der Waals surface area contributed by atoms with Crippen molar-refractivity contribution in [1.82, 2.24) is 4.57 Å². The molecule has 3 aromatic rings. The Morgan fingerprint density at radius 3 is 2.62 bits per heavy atom. The summed E-state index contributed by atoms with van der Waals surface area (Å²) >= 11 is 9.24. The standard InChI is InChI=1S/C17H13BrClNO4/c1-10-8-13-15(14(18)9-10)20(17(22)24-16(13)21)6-7-23-12-4-2-11(19)3-5-12/h2-5,8-9H,6-7H2,1H3. The van der Waals surface area contributed by atoms with Crippen LogP contribution in [0.2, 0.25) is 5.02 Å². The van der Waals surface area contributed by atoms with Crippen LogP contribution in [0.3, 0.4) is 0 Å². The summed E-state index contributed by atoms with van der Waals surface area (Å²) in [6.07, 6.45) is 0. The molecule has 0 unspecified atom stereocenters. The van der Waals surface area contributed by atoms with E-state index in [-0.39, 0.29) is 13.2 Å². The summed E-state index contributed by atoms with van der Waals surface area (Å²) in [5.74, 6) is -0.0687. The van der Waals surface area contributed by atoms with Gasteiger partial charge in [-0.3, -0.25) is 4.57 Å². The second kappa shape index (κ2) is 6.83. The Morgan fingerprint density at radius 2 is 1.92 bits per heavy atom. The fourth-order valence-corrected chi connectivity index (χ4v) is 3.35. The highest BCUT2D eigenvalue weighted by atomic mass is 79.9. The predicted octanol–water partition coefficient (Wildman–Crippen LogP) is 3.76. The molecule has 0 radical (unpaired) electrons. The van der Waals surface area contributed by atoms with Crippen LogP contribution >= 0.6 is 27.5 Å². The van der Waals surface area contributed by atoms with Crippen LogP contribution in [0.4, 0.5) is 0 Å². The van der Waals surface area contributed by atoms with Crippen LogP contribution in [0.1, 0.15) is 5.56 Å². The van der Waals surface area contributed by atoms with Gasteiger partial charge in [-0.25, -0.2) is 9.59 Å². The number of fused-ring (bicyclic) bond motifs is 1. The van der Waals surface area contributed by atoms with Crippen molar-refractivity contribution in [2.24, 2.45) is 0 Å². The molecule has 7 heteroatoms. The minimum atomic E-state index is -0.711. The number of aryl methyl sites for hydroxylation is 1. The number of rotatable bonds is 4. The van der Waals surface area contributed by atoms with Gasteiger partial charge in [0.15, 0.2) is 0 Å². The first-order valence-corrected chi connectivity index (χ1v) is 8.35. The van der Waals surface area contributed by atoms with Gasteiger partial charge in [0.2, 0.25) is 0 Å². The molecule has 24 heavy (non-hydrogen) atoms. The lowest BCUT2D eigenvalue weighted by atomic mass is 10.2. The molecule has 0 fully saturated rings. The zero-order valence-corrected chi connectivity index (χ0v) is 15.1. The monoisotopic (exact) mass is 409 g/mol. The van der Waals surface area contributed by atoms with E-state index < -0.39 is 11.4 Å². The summed E-state index contributed by atoms with van der Waals surface area (Å²) in [5.41, 5.74) is 0.750. The van der Waals surface area contributed by atoms with Gasteiger partial charge in [-0.05, 0) is 64.8 Å². The molecule has 0 amide bonds. The summed E-state index contributed by atoms with van der Waals surface area (Å²) in [6.45, 7) is 2.34. The van der Waals surface area contributed by atoms with Gasteiger partial charge in [0.1, 0.15) is 12.4 Å². The molecule has 0 aliphatic carbocycles. The highest BCUT2D eigenvalue weighted by molar-refractivity contribution is 9.10. The molecule has 0 N–H and O–H groups in total. The van der Waals surface area contributed by atoms with E-state index in [1.165, 1.54) is 4.57 Å². The first-order valence-electron chi connectivity index (χ1n) is 7.18. The molecule has 0 atom stereocenters. The lowest BCUT2D eigenvalue weighted by molar-refractivity contribution is 0.287. The van der Waals surface area contributed by atoms with Crippen molar-refractivity contribution >= 4 is 38.4 Å². The van der Waals surface area contributed by atoms with E-state index in [4.69, 9.17) is 20.8 Å². The number of hydrogen-bond donors (Lipinski definition) is 0. The Labute approximate surface area is 150 Å². The summed E-state index contributed by atoms with van der Waals surface area (Å²) in [6, 6.07) is 10.5. The number of benzene rings is 2. The maximum Gasteiger partial charge on any atom is 0.422 e. The average Bonchev–Trinajstić information content (AvgIpc) is 2.52. The number of ether oxygens (including phenoxy) is 1. The van der Waals surface area contributed by atoms with E-state index in [2.05, 4.69) is 15.9 Å². The van der Waals surface area contributed by atoms with Gasteiger partial charge in [-0.1, -0.05) is 11.6 Å². The highest BCUT2D eigenvalue weighted by Gasteiger charge is 2.13. The summed E-state index contributed by atoms with van der Waals surface area (Å²) in [7, 11) is 0. The molecular formula is C17H13BrClNO4. The number of halogens is 2. The quantitative estimate of drug-likeness (QED) is 0.657. The van der Waals surface area contributed by atoms with Crippen LogP contribution in [0.5, 0.6) is 5.75 Å².